The minimum Gasteiger partial charge on any atom is -0.486 e. The highest BCUT2D eigenvalue weighted by Gasteiger charge is 2.26. The zero-order chi connectivity index (χ0) is 23.5. The van der Waals surface area contributed by atoms with Gasteiger partial charge in [0, 0.05) is 34.6 Å². The Morgan fingerprint density at radius 1 is 1.27 bits per heavy atom. The summed E-state index contributed by atoms with van der Waals surface area (Å²) in [5, 5.41) is 3.48. The number of amides is 1. The van der Waals surface area contributed by atoms with Gasteiger partial charge in [0.2, 0.25) is 5.91 Å². The second-order valence-corrected chi connectivity index (χ2v) is 9.60. The summed E-state index contributed by atoms with van der Waals surface area (Å²) >= 11 is 7.95. The molecule has 3 aromatic rings. The van der Waals surface area contributed by atoms with E-state index in [0.29, 0.717) is 23.7 Å². The van der Waals surface area contributed by atoms with Crippen molar-refractivity contribution in [1.29, 1.82) is 0 Å². The van der Waals surface area contributed by atoms with Crippen molar-refractivity contribution in [2.75, 3.05) is 6.54 Å². The molecular weight excluding hydrogens is 456 g/mol. The van der Waals surface area contributed by atoms with Gasteiger partial charge in [-0.05, 0) is 62.2 Å². The predicted octanol–water partition coefficient (Wildman–Crippen LogP) is 5.10. The van der Waals surface area contributed by atoms with E-state index in [2.05, 4.69) is 22.9 Å². The van der Waals surface area contributed by atoms with E-state index in [1.165, 1.54) is 11.3 Å². The Hall–Kier alpha value is -2.96. The average Bonchev–Trinajstić information content (AvgIpc) is 3.45. The van der Waals surface area contributed by atoms with Crippen molar-refractivity contribution in [2.24, 2.45) is 0 Å². The van der Waals surface area contributed by atoms with E-state index in [0.717, 1.165) is 38.6 Å². The Balaban J connectivity index is 1.40. The minimum absolute atomic E-state index is 0.0544. The Morgan fingerprint density at radius 3 is 2.82 bits per heavy atom. The largest absolute Gasteiger partial charge is 0.486 e. The summed E-state index contributed by atoms with van der Waals surface area (Å²) in [5.74, 6) is 0.572. The monoisotopic (exact) mass is 481 g/mol. The first kappa shape index (κ1) is 23.2. The van der Waals surface area contributed by atoms with Gasteiger partial charge in [0.25, 0.3) is 0 Å². The fourth-order valence-corrected chi connectivity index (χ4v) is 5.00. The van der Waals surface area contributed by atoms with Gasteiger partial charge in [0.1, 0.15) is 18.4 Å². The molecule has 1 unspecified atom stereocenters. The van der Waals surface area contributed by atoms with Crippen molar-refractivity contribution in [3.63, 3.8) is 0 Å². The summed E-state index contributed by atoms with van der Waals surface area (Å²) in [7, 11) is 0. The third-order valence-electron chi connectivity index (χ3n) is 5.62. The van der Waals surface area contributed by atoms with Crippen LogP contribution >= 0.6 is 22.9 Å². The number of nitrogens with one attached hydrogen (secondary N) is 1. The molecule has 2 aromatic heterocycles. The molecule has 0 radical (unpaired) electrons. The number of ether oxygens (including phenoxy) is 1. The first-order chi connectivity index (χ1) is 15.8. The van der Waals surface area contributed by atoms with E-state index < -0.39 is 0 Å². The SMILES string of the molecule is CC[n+]1cccc(C(C)=CC(=O)NCC2Cc3cc(-c4ccc(C(C)=O)s4)cc(Cl)c3O2)c1. The van der Waals surface area contributed by atoms with Crippen LogP contribution in [0.4, 0.5) is 0 Å². The van der Waals surface area contributed by atoms with Gasteiger partial charge in [-0.1, -0.05) is 11.6 Å². The molecule has 3 heterocycles. The Labute approximate surface area is 202 Å². The molecule has 0 spiro atoms. The van der Waals surface area contributed by atoms with Crippen molar-refractivity contribution in [2.45, 2.75) is 39.8 Å². The Morgan fingerprint density at radius 2 is 2.09 bits per heavy atom. The highest BCUT2D eigenvalue weighted by Crippen LogP contribution is 2.41. The number of carbonyl (C=O) groups excluding carboxylic acids is 2. The maximum absolute atomic E-state index is 12.5. The molecule has 1 aromatic carbocycles. The van der Waals surface area contributed by atoms with Crippen LogP contribution in [-0.2, 0) is 17.8 Å². The fraction of sp³-hybridized carbons (Fsp3) is 0.269. The molecule has 0 bridgehead atoms. The molecule has 7 heteroatoms. The van der Waals surface area contributed by atoms with Gasteiger partial charge in [-0.2, -0.15) is 0 Å². The van der Waals surface area contributed by atoms with Crippen LogP contribution in [0.2, 0.25) is 5.02 Å². The molecule has 4 rings (SSSR count). The zero-order valence-corrected chi connectivity index (χ0v) is 20.4. The quantitative estimate of drug-likeness (QED) is 0.290. The summed E-state index contributed by atoms with van der Waals surface area (Å²) in [6, 6.07) is 11.7. The summed E-state index contributed by atoms with van der Waals surface area (Å²) in [6.07, 6.45) is 6.13. The van der Waals surface area contributed by atoms with Gasteiger partial charge >= 0.3 is 0 Å². The molecule has 33 heavy (non-hydrogen) atoms. The maximum Gasteiger partial charge on any atom is 0.244 e. The molecule has 1 N–H and O–H groups in total. The van der Waals surface area contributed by atoms with Gasteiger partial charge in [0.15, 0.2) is 18.2 Å². The summed E-state index contributed by atoms with van der Waals surface area (Å²) < 4.78 is 8.09. The Kier molecular flexibility index (Phi) is 6.96. The summed E-state index contributed by atoms with van der Waals surface area (Å²) in [6.45, 7) is 6.84. The number of fused-ring (bicyclic) bond motifs is 1. The lowest BCUT2D eigenvalue weighted by molar-refractivity contribution is -0.693. The average molecular weight is 482 g/mol. The molecule has 0 fully saturated rings. The second-order valence-electron chi connectivity index (χ2n) is 8.11. The van der Waals surface area contributed by atoms with Gasteiger partial charge in [0.05, 0.1) is 16.4 Å². The number of allylic oxidation sites excluding steroid dienone is 1. The number of ketones is 1. The molecule has 1 aliphatic heterocycles. The number of hydrogen-bond acceptors (Lipinski definition) is 4. The molecule has 1 amide bonds. The number of aromatic nitrogens is 1. The number of rotatable bonds is 7. The van der Waals surface area contributed by atoms with E-state index in [1.807, 2.05) is 49.6 Å². The predicted molar refractivity (Wildman–Crippen MR) is 132 cm³/mol. The van der Waals surface area contributed by atoms with Crippen LogP contribution in [0.25, 0.3) is 16.0 Å². The topological polar surface area (TPSA) is 59.3 Å². The molecular formula is C26H26ClN2O3S+. The van der Waals surface area contributed by atoms with Crippen molar-refractivity contribution in [3.05, 3.63) is 75.9 Å². The molecule has 0 saturated carbocycles. The van der Waals surface area contributed by atoms with E-state index in [-0.39, 0.29) is 17.8 Å². The summed E-state index contributed by atoms with van der Waals surface area (Å²) in [5.41, 5.74) is 3.89. The van der Waals surface area contributed by atoms with Crippen LogP contribution in [0, 0.1) is 0 Å². The van der Waals surface area contributed by atoms with Gasteiger partial charge < -0.3 is 10.1 Å². The standard InChI is InChI=1S/C26H25ClN2O3S/c1-4-29-9-5-6-18(15-29)16(2)10-25(31)28-14-21-12-20-11-19(13-22(27)26(20)32-21)24-8-7-23(33-24)17(3)30/h5-11,13,15,21H,4,12,14H2,1-3H3/p+1. The van der Waals surface area contributed by atoms with Crippen molar-refractivity contribution in [1.82, 2.24) is 5.32 Å². The Bertz CT molecular complexity index is 1250. The van der Waals surface area contributed by atoms with Gasteiger partial charge in [-0.15, -0.1) is 11.3 Å². The van der Waals surface area contributed by atoms with Gasteiger partial charge in [-0.25, -0.2) is 4.57 Å². The number of thiophene rings is 1. The van der Waals surface area contributed by atoms with E-state index >= 15 is 0 Å². The number of benzene rings is 1. The fourth-order valence-electron chi connectivity index (χ4n) is 3.82. The number of halogens is 1. The van der Waals surface area contributed by atoms with Gasteiger partial charge in [-0.3, -0.25) is 9.59 Å². The van der Waals surface area contributed by atoms with E-state index in [9.17, 15) is 9.59 Å². The van der Waals surface area contributed by atoms with Crippen molar-refractivity contribution >= 4 is 40.2 Å². The number of aryl methyl sites for hydroxylation is 1. The third-order valence-corrected chi connectivity index (χ3v) is 7.14. The number of nitrogens with zero attached hydrogens (tertiary/aromatic N) is 1. The lowest BCUT2D eigenvalue weighted by atomic mass is 10.1. The van der Waals surface area contributed by atoms with Crippen LogP contribution in [-0.4, -0.2) is 24.3 Å². The second kappa shape index (κ2) is 9.89. The first-order valence-corrected chi connectivity index (χ1v) is 12.1. The third kappa shape index (κ3) is 5.34. The minimum atomic E-state index is -0.180. The number of pyridine rings is 1. The summed E-state index contributed by atoms with van der Waals surface area (Å²) in [4.78, 5) is 25.8. The van der Waals surface area contributed by atoms with Crippen LogP contribution in [0.3, 0.4) is 0 Å². The van der Waals surface area contributed by atoms with E-state index in [1.54, 1.807) is 13.0 Å². The molecule has 1 aliphatic rings. The maximum atomic E-state index is 12.5. The molecule has 0 aliphatic carbocycles. The molecule has 170 valence electrons. The lowest BCUT2D eigenvalue weighted by Crippen LogP contribution is -2.33. The highest BCUT2D eigenvalue weighted by molar-refractivity contribution is 7.17. The smallest absolute Gasteiger partial charge is 0.244 e. The molecule has 0 saturated heterocycles. The van der Waals surface area contributed by atoms with Crippen LogP contribution in [0.15, 0.2) is 54.9 Å². The van der Waals surface area contributed by atoms with Crippen LogP contribution in [0.5, 0.6) is 5.75 Å². The van der Waals surface area contributed by atoms with Crippen molar-refractivity contribution in [3.8, 4) is 16.2 Å². The first-order valence-electron chi connectivity index (χ1n) is 10.9. The lowest BCUT2D eigenvalue weighted by Gasteiger charge is -2.11. The molecule has 1 atom stereocenters. The van der Waals surface area contributed by atoms with Crippen molar-refractivity contribution < 1.29 is 18.9 Å². The highest BCUT2D eigenvalue weighted by atomic mass is 35.5. The van der Waals surface area contributed by atoms with Crippen LogP contribution in [0.1, 0.15) is 41.6 Å². The zero-order valence-electron chi connectivity index (χ0n) is 18.9. The van der Waals surface area contributed by atoms with E-state index in [4.69, 9.17) is 16.3 Å². The normalized spacial score (nSPS) is 15.2. The number of carbonyl (C=O) groups is 2. The number of hydrogen-bond donors (Lipinski definition) is 1. The number of Topliss-reactive ketones (excluding diaryl/α,β-unsaturated/α-hetero) is 1. The van der Waals surface area contributed by atoms with Crippen LogP contribution < -0.4 is 14.6 Å². The molecule has 5 nitrogen and oxygen atoms in total.